The summed E-state index contributed by atoms with van der Waals surface area (Å²) in [5, 5.41) is 17.3. The van der Waals surface area contributed by atoms with Crippen LogP contribution in [0, 0.1) is 19.7 Å². The van der Waals surface area contributed by atoms with Gasteiger partial charge >= 0.3 is 6.03 Å². The summed E-state index contributed by atoms with van der Waals surface area (Å²) >= 11 is 0. The number of aromatic amines is 1. The van der Waals surface area contributed by atoms with E-state index >= 15 is 0 Å². The van der Waals surface area contributed by atoms with E-state index in [0.717, 1.165) is 23.1 Å². The van der Waals surface area contributed by atoms with Crippen LogP contribution in [0.1, 0.15) is 36.8 Å². The van der Waals surface area contributed by atoms with Crippen LogP contribution in [-0.4, -0.2) is 71.5 Å². The lowest BCUT2D eigenvalue weighted by atomic mass is 10.1. The predicted molar refractivity (Wildman–Crippen MR) is 140 cm³/mol. The minimum Gasteiger partial charge on any atom is -0.337 e. The fourth-order valence-corrected chi connectivity index (χ4v) is 4.38. The molecule has 0 aromatic carbocycles. The van der Waals surface area contributed by atoms with Crippen LogP contribution in [-0.2, 0) is 0 Å². The molecule has 0 aliphatic carbocycles. The molecule has 5 rings (SSSR count). The molecule has 13 heteroatoms. The molecule has 4 aromatic heterocycles. The summed E-state index contributed by atoms with van der Waals surface area (Å²) in [6.07, 6.45) is 4.04. The Balaban J connectivity index is 1.19. The highest BCUT2D eigenvalue weighted by molar-refractivity contribution is 5.75. The second kappa shape index (κ2) is 10.4. The molecule has 1 aliphatic rings. The fourth-order valence-electron chi connectivity index (χ4n) is 4.38. The van der Waals surface area contributed by atoms with Gasteiger partial charge in [0.1, 0.15) is 5.82 Å². The SMILES string of the molecule is Cc1cc(Nc2cc(C)[nH]n2)nc(N2CCN(C(=O)N[C@@H](C)c3ccc(-n4cc(F)cn4)nc3)C(C)C2)n1. The number of nitrogens with one attached hydrogen (secondary N) is 3. The van der Waals surface area contributed by atoms with Gasteiger partial charge in [0.05, 0.1) is 18.4 Å². The van der Waals surface area contributed by atoms with Crippen molar-refractivity contribution in [2.45, 2.75) is 39.8 Å². The van der Waals surface area contributed by atoms with Crippen molar-refractivity contribution in [3.8, 4) is 5.82 Å². The summed E-state index contributed by atoms with van der Waals surface area (Å²) in [4.78, 5) is 30.7. The maximum atomic E-state index is 13.2. The second-order valence-electron chi connectivity index (χ2n) is 9.47. The number of anilines is 3. The molecule has 1 saturated heterocycles. The van der Waals surface area contributed by atoms with Crippen molar-refractivity contribution in [2.75, 3.05) is 29.9 Å². The first-order valence-corrected chi connectivity index (χ1v) is 12.4. The molecule has 0 spiro atoms. The number of hydrogen-bond donors (Lipinski definition) is 3. The second-order valence-corrected chi connectivity index (χ2v) is 9.47. The zero-order chi connectivity index (χ0) is 26.8. The Morgan fingerprint density at radius 3 is 2.66 bits per heavy atom. The van der Waals surface area contributed by atoms with E-state index in [1.54, 1.807) is 12.3 Å². The van der Waals surface area contributed by atoms with Crippen LogP contribution < -0.4 is 15.5 Å². The molecule has 1 unspecified atom stereocenters. The normalized spacial score (nSPS) is 16.4. The van der Waals surface area contributed by atoms with Crippen molar-refractivity contribution in [1.29, 1.82) is 0 Å². The number of amides is 2. The molecule has 0 radical (unpaired) electrons. The first-order valence-electron chi connectivity index (χ1n) is 12.4. The van der Waals surface area contributed by atoms with Crippen molar-refractivity contribution in [2.24, 2.45) is 0 Å². The number of hydrogen-bond acceptors (Lipinski definition) is 8. The van der Waals surface area contributed by atoms with Gasteiger partial charge < -0.3 is 20.4 Å². The van der Waals surface area contributed by atoms with Crippen LogP contribution in [0.4, 0.5) is 26.8 Å². The molecule has 12 nitrogen and oxygen atoms in total. The lowest BCUT2D eigenvalue weighted by Gasteiger charge is -2.40. The number of urea groups is 1. The summed E-state index contributed by atoms with van der Waals surface area (Å²) < 4.78 is 14.6. The van der Waals surface area contributed by atoms with Gasteiger partial charge in [-0.1, -0.05) is 6.07 Å². The number of carbonyl (C=O) groups is 1. The van der Waals surface area contributed by atoms with Crippen molar-refractivity contribution in [3.63, 3.8) is 0 Å². The Bertz CT molecular complexity index is 1420. The van der Waals surface area contributed by atoms with Crippen molar-refractivity contribution in [3.05, 3.63) is 65.6 Å². The standard InChI is InChI=1S/C25H30FN11O/c1-15-9-21(31-22-10-16(2)33-34-22)32-24(29-15)35-7-8-36(17(3)13-35)25(38)30-18(4)19-5-6-23(27-11-19)37-14-20(26)12-28-37/h5-6,9-12,14,17-18H,7-8,13H2,1-4H3,(H,30,38)(H2,29,31,32,33,34)/t17?,18-/m0/s1. The van der Waals surface area contributed by atoms with Crippen molar-refractivity contribution in [1.82, 2.24) is 45.1 Å². The minimum atomic E-state index is -0.430. The zero-order valence-corrected chi connectivity index (χ0v) is 21.7. The lowest BCUT2D eigenvalue weighted by Crippen LogP contribution is -2.57. The third-order valence-corrected chi connectivity index (χ3v) is 6.37. The van der Waals surface area contributed by atoms with Gasteiger partial charge in [-0.2, -0.15) is 15.2 Å². The highest BCUT2D eigenvalue weighted by atomic mass is 19.1. The Kier molecular flexibility index (Phi) is 6.90. The van der Waals surface area contributed by atoms with Gasteiger partial charge in [0, 0.05) is 55.4 Å². The number of nitrogens with zero attached hydrogens (tertiary/aromatic N) is 8. The molecule has 1 fully saturated rings. The highest BCUT2D eigenvalue weighted by Gasteiger charge is 2.29. The molecule has 0 saturated carbocycles. The van der Waals surface area contributed by atoms with E-state index in [2.05, 4.69) is 45.8 Å². The molecule has 3 N–H and O–H groups in total. The number of aromatic nitrogens is 7. The third-order valence-electron chi connectivity index (χ3n) is 6.37. The molecule has 2 amide bonds. The molecule has 198 valence electrons. The summed E-state index contributed by atoms with van der Waals surface area (Å²) in [5.74, 6) is 2.04. The van der Waals surface area contributed by atoms with Crippen LogP contribution in [0.3, 0.4) is 0 Å². The minimum absolute atomic E-state index is 0.0549. The monoisotopic (exact) mass is 519 g/mol. The number of piperazine rings is 1. The van der Waals surface area contributed by atoms with Crippen LogP contribution >= 0.6 is 0 Å². The van der Waals surface area contributed by atoms with Crippen LogP contribution in [0.25, 0.3) is 5.82 Å². The number of pyridine rings is 1. The summed E-state index contributed by atoms with van der Waals surface area (Å²) in [7, 11) is 0. The van der Waals surface area contributed by atoms with E-state index in [1.165, 1.54) is 10.9 Å². The Morgan fingerprint density at radius 1 is 1.16 bits per heavy atom. The molecule has 1 aliphatic heterocycles. The Hall–Kier alpha value is -4.55. The predicted octanol–water partition coefficient (Wildman–Crippen LogP) is 3.26. The number of H-pyrrole nitrogens is 1. The first-order chi connectivity index (χ1) is 18.2. The molecule has 0 bridgehead atoms. The smallest absolute Gasteiger partial charge is 0.318 e. The van der Waals surface area contributed by atoms with Crippen LogP contribution in [0.2, 0.25) is 0 Å². The van der Waals surface area contributed by atoms with Crippen molar-refractivity contribution >= 4 is 23.6 Å². The maximum Gasteiger partial charge on any atom is 0.318 e. The lowest BCUT2D eigenvalue weighted by molar-refractivity contribution is 0.168. The molecule has 2 atom stereocenters. The number of rotatable bonds is 6. The Morgan fingerprint density at radius 2 is 2.00 bits per heavy atom. The van der Waals surface area contributed by atoms with Crippen molar-refractivity contribution < 1.29 is 9.18 Å². The van der Waals surface area contributed by atoms with E-state index in [4.69, 9.17) is 0 Å². The van der Waals surface area contributed by atoms with E-state index in [1.807, 2.05) is 50.8 Å². The summed E-state index contributed by atoms with van der Waals surface area (Å²) in [5.41, 5.74) is 2.63. The largest absolute Gasteiger partial charge is 0.337 e. The average Bonchev–Trinajstić information content (AvgIpc) is 3.51. The first kappa shape index (κ1) is 25.1. The van der Waals surface area contributed by atoms with Gasteiger partial charge in [0.15, 0.2) is 17.5 Å². The van der Waals surface area contributed by atoms with E-state index in [9.17, 15) is 9.18 Å². The molecular formula is C25H30FN11O. The average molecular weight is 520 g/mol. The number of carbonyl (C=O) groups excluding carboxylic acids is 1. The topological polar surface area (TPSA) is 133 Å². The quantitative estimate of drug-likeness (QED) is 0.354. The van der Waals surface area contributed by atoms with Gasteiger partial charge in [0.25, 0.3) is 0 Å². The van der Waals surface area contributed by atoms with E-state index in [0.29, 0.717) is 43.0 Å². The molecule has 38 heavy (non-hydrogen) atoms. The zero-order valence-electron chi connectivity index (χ0n) is 21.7. The third kappa shape index (κ3) is 5.56. The van der Waals surface area contributed by atoms with Crippen LogP contribution in [0.15, 0.2) is 42.9 Å². The van der Waals surface area contributed by atoms with Gasteiger partial charge in [-0.15, -0.1) is 0 Å². The van der Waals surface area contributed by atoms with Gasteiger partial charge in [0.2, 0.25) is 5.95 Å². The number of halogens is 1. The van der Waals surface area contributed by atoms with Gasteiger partial charge in [-0.25, -0.2) is 23.8 Å². The van der Waals surface area contributed by atoms with E-state index in [-0.39, 0.29) is 18.1 Å². The summed E-state index contributed by atoms with van der Waals surface area (Å²) in [6, 6.07) is 6.90. The van der Waals surface area contributed by atoms with Crippen LogP contribution in [0.5, 0.6) is 0 Å². The fraction of sp³-hybridized carbons (Fsp3) is 0.360. The maximum absolute atomic E-state index is 13.2. The van der Waals surface area contributed by atoms with E-state index < -0.39 is 5.82 Å². The molecular weight excluding hydrogens is 489 g/mol. The highest BCUT2D eigenvalue weighted by Crippen LogP contribution is 2.21. The molecule has 4 aromatic rings. The molecule has 5 heterocycles. The van der Waals surface area contributed by atoms with Gasteiger partial charge in [-0.3, -0.25) is 5.10 Å². The number of aryl methyl sites for hydroxylation is 2. The van der Waals surface area contributed by atoms with Gasteiger partial charge in [-0.05, 0) is 39.3 Å². The Labute approximate surface area is 219 Å². The summed E-state index contributed by atoms with van der Waals surface area (Å²) in [6.45, 7) is 9.51.